The van der Waals surface area contributed by atoms with Crippen molar-refractivity contribution in [3.8, 4) is 0 Å². The quantitative estimate of drug-likeness (QED) is 0.381. The van der Waals surface area contributed by atoms with E-state index in [9.17, 15) is 19.7 Å². The van der Waals surface area contributed by atoms with E-state index in [2.05, 4.69) is 34.4 Å². The first kappa shape index (κ1) is 24.8. The molecule has 5 heterocycles. The van der Waals surface area contributed by atoms with Crippen molar-refractivity contribution >= 4 is 28.6 Å². The Labute approximate surface area is 224 Å². The predicted octanol–water partition coefficient (Wildman–Crippen LogP) is 3.86. The van der Waals surface area contributed by atoms with Crippen LogP contribution in [0.4, 0.5) is 11.4 Å². The number of aromatic nitrogens is 2. The van der Waals surface area contributed by atoms with Crippen molar-refractivity contribution in [2.75, 3.05) is 18.0 Å². The van der Waals surface area contributed by atoms with Gasteiger partial charge in [0.15, 0.2) is 0 Å². The molecule has 1 N–H and O–H groups in total. The SMILES string of the molecule is CC(C)c1csc(CCNC(=O)[C@@H]2Cc3cc([N+](=O)[O-])ccc3N3C[C@H]4C[C@@H](Cn5c4cccc5=O)[C@@H]23)n1. The predicted molar refractivity (Wildman–Crippen MR) is 146 cm³/mol. The lowest BCUT2D eigenvalue weighted by atomic mass is 9.70. The van der Waals surface area contributed by atoms with Gasteiger partial charge in [-0.2, -0.15) is 0 Å². The lowest BCUT2D eigenvalue weighted by Crippen LogP contribution is -2.61. The first-order valence-electron chi connectivity index (χ1n) is 13.3. The third-order valence-corrected chi connectivity index (χ3v) is 9.26. The van der Waals surface area contributed by atoms with Crippen molar-refractivity contribution < 1.29 is 9.72 Å². The Morgan fingerprint density at radius 1 is 1.26 bits per heavy atom. The number of nitro benzene ring substituents is 1. The molecule has 1 saturated heterocycles. The van der Waals surface area contributed by atoms with Crippen molar-refractivity contribution in [2.24, 2.45) is 11.8 Å². The van der Waals surface area contributed by atoms with Crippen molar-refractivity contribution in [3.63, 3.8) is 0 Å². The molecule has 4 atom stereocenters. The van der Waals surface area contributed by atoms with E-state index in [0.29, 0.717) is 38.4 Å². The van der Waals surface area contributed by atoms with E-state index in [-0.39, 0.29) is 45.9 Å². The Morgan fingerprint density at radius 3 is 2.87 bits per heavy atom. The van der Waals surface area contributed by atoms with Gasteiger partial charge in [-0.1, -0.05) is 19.9 Å². The molecule has 198 valence electrons. The highest BCUT2D eigenvalue weighted by molar-refractivity contribution is 7.09. The van der Waals surface area contributed by atoms with Crippen LogP contribution in [0.15, 0.2) is 46.6 Å². The molecule has 2 bridgehead atoms. The molecule has 0 saturated carbocycles. The molecule has 0 unspecified atom stereocenters. The number of nitro groups is 1. The van der Waals surface area contributed by atoms with Crippen LogP contribution in [0.1, 0.15) is 54.1 Å². The first-order valence-corrected chi connectivity index (χ1v) is 14.1. The normalized spacial score (nSPS) is 23.4. The number of anilines is 1. The summed E-state index contributed by atoms with van der Waals surface area (Å²) in [7, 11) is 0. The zero-order valence-electron chi connectivity index (χ0n) is 21.5. The smallest absolute Gasteiger partial charge is 0.269 e. The van der Waals surface area contributed by atoms with Gasteiger partial charge in [0, 0.05) is 73.0 Å². The number of hydrogen-bond donors (Lipinski definition) is 1. The third kappa shape index (κ3) is 4.30. The van der Waals surface area contributed by atoms with Gasteiger partial charge in [-0.3, -0.25) is 19.7 Å². The number of amides is 1. The van der Waals surface area contributed by atoms with E-state index in [1.165, 1.54) is 0 Å². The summed E-state index contributed by atoms with van der Waals surface area (Å²) in [6.45, 7) is 5.98. The standard InChI is InChI=1S/C28H31N5O4S/c1-16(2)22-15-38-25(30-22)8-9-29-28(35)21-12-17-11-20(33(36)37)6-7-24(17)32-13-18-10-19(27(21)32)14-31-23(18)4-3-5-26(31)34/h3-7,11,15-16,18-19,21,27H,8-10,12-14H2,1-2H3,(H,29,35)/t18-,19+,21-,27+/m1/s1. The third-order valence-electron chi connectivity index (χ3n) is 8.34. The summed E-state index contributed by atoms with van der Waals surface area (Å²) < 4.78 is 1.88. The molecule has 3 aromatic rings. The second-order valence-corrected chi connectivity index (χ2v) is 11.9. The maximum atomic E-state index is 13.7. The summed E-state index contributed by atoms with van der Waals surface area (Å²) in [4.78, 5) is 44.5. The van der Waals surface area contributed by atoms with Crippen LogP contribution in [-0.2, 0) is 24.2 Å². The van der Waals surface area contributed by atoms with E-state index in [1.54, 1.807) is 29.5 Å². The van der Waals surface area contributed by atoms with Crippen LogP contribution in [0.5, 0.6) is 0 Å². The number of thiazole rings is 1. The fourth-order valence-corrected chi connectivity index (χ4v) is 7.54. The van der Waals surface area contributed by atoms with Crippen LogP contribution in [0.25, 0.3) is 0 Å². The number of carbonyl (C=O) groups is 1. The van der Waals surface area contributed by atoms with Gasteiger partial charge in [0.05, 0.1) is 21.5 Å². The molecule has 6 rings (SSSR count). The summed E-state index contributed by atoms with van der Waals surface area (Å²) in [5.74, 6) is 0.272. The minimum absolute atomic E-state index is 0.00250. The number of nitrogens with zero attached hydrogens (tertiary/aromatic N) is 4. The molecule has 1 fully saturated rings. The van der Waals surface area contributed by atoms with Crippen molar-refractivity contribution in [2.45, 2.75) is 57.5 Å². The second-order valence-electron chi connectivity index (χ2n) is 11.0. The van der Waals surface area contributed by atoms with Crippen LogP contribution in [0.3, 0.4) is 0 Å². The van der Waals surface area contributed by atoms with Crippen LogP contribution < -0.4 is 15.8 Å². The zero-order chi connectivity index (χ0) is 26.6. The van der Waals surface area contributed by atoms with E-state index >= 15 is 0 Å². The van der Waals surface area contributed by atoms with Gasteiger partial charge in [-0.15, -0.1) is 11.3 Å². The lowest BCUT2D eigenvalue weighted by molar-refractivity contribution is -0.384. The Bertz CT molecular complexity index is 1460. The molecule has 1 amide bonds. The Hall–Kier alpha value is -3.53. The van der Waals surface area contributed by atoms with E-state index in [1.807, 2.05) is 22.8 Å². The summed E-state index contributed by atoms with van der Waals surface area (Å²) in [6, 6.07) is 10.4. The molecule has 0 spiro atoms. The number of fused-ring (bicyclic) bond motifs is 8. The molecular weight excluding hydrogens is 502 g/mol. The molecule has 3 aliphatic rings. The summed E-state index contributed by atoms with van der Waals surface area (Å²) in [6.07, 6.45) is 2.03. The van der Waals surface area contributed by atoms with Gasteiger partial charge >= 0.3 is 0 Å². The summed E-state index contributed by atoms with van der Waals surface area (Å²) in [5.41, 5.74) is 3.95. The zero-order valence-corrected chi connectivity index (χ0v) is 22.3. The number of pyridine rings is 1. The Balaban J connectivity index is 1.29. The van der Waals surface area contributed by atoms with Crippen LogP contribution >= 0.6 is 11.3 Å². The second kappa shape index (κ2) is 9.65. The molecule has 1 aromatic carbocycles. The molecule has 3 aliphatic heterocycles. The minimum Gasteiger partial charge on any atom is -0.366 e. The monoisotopic (exact) mass is 533 g/mol. The maximum absolute atomic E-state index is 13.7. The Kier molecular flexibility index (Phi) is 6.29. The summed E-state index contributed by atoms with van der Waals surface area (Å²) in [5, 5.41) is 17.7. The van der Waals surface area contributed by atoms with Crippen molar-refractivity contribution in [1.29, 1.82) is 0 Å². The number of benzene rings is 1. The fraction of sp³-hybridized carbons (Fsp3) is 0.464. The molecule has 0 aliphatic carbocycles. The van der Waals surface area contributed by atoms with E-state index in [0.717, 1.165) is 34.1 Å². The van der Waals surface area contributed by atoms with Crippen LogP contribution in [0.2, 0.25) is 0 Å². The molecule has 2 aromatic heterocycles. The largest absolute Gasteiger partial charge is 0.366 e. The highest BCUT2D eigenvalue weighted by Gasteiger charge is 2.49. The summed E-state index contributed by atoms with van der Waals surface area (Å²) >= 11 is 1.62. The average molecular weight is 534 g/mol. The van der Waals surface area contributed by atoms with Gasteiger partial charge in [0.25, 0.3) is 11.2 Å². The topological polar surface area (TPSA) is 110 Å². The van der Waals surface area contributed by atoms with Gasteiger partial charge < -0.3 is 14.8 Å². The maximum Gasteiger partial charge on any atom is 0.269 e. The van der Waals surface area contributed by atoms with Crippen molar-refractivity contribution in [1.82, 2.24) is 14.9 Å². The number of piperidine rings is 1. The number of rotatable bonds is 6. The number of hydrogen-bond acceptors (Lipinski definition) is 7. The minimum atomic E-state index is -0.380. The highest BCUT2D eigenvalue weighted by atomic mass is 32.1. The van der Waals surface area contributed by atoms with E-state index in [4.69, 9.17) is 0 Å². The number of carbonyl (C=O) groups excluding carboxylic acids is 1. The van der Waals surface area contributed by atoms with Crippen LogP contribution in [-0.4, -0.2) is 39.5 Å². The van der Waals surface area contributed by atoms with E-state index < -0.39 is 0 Å². The average Bonchev–Trinajstić information content (AvgIpc) is 3.38. The molecule has 10 heteroatoms. The van der Waals surface area contributed by atoms with Gasteiger partial charge in [-0.05, 0) is 42.4 Å². The van der Waals surface area contributed by atoms with Crippen molar-refractivity contribution in [3.05, 3.63) is 84.2 Å². The highest BCUT2D eigenvalue weighted by Crippen LogP contribution is 2.47. The van der Waals surface area contributed by atoms with Gasteiger partial charge in [0.1, 0.15) is 0 Å². The fourth-order valence-electron chi connectivity index (χ4n) is 6.58. The molecule has 0 radical (unpaired) electrons. The van der Waals surface area contributed by atoms with Gasteiger partial charge in [-0.25, -0.2) is 4.98 Å². The number of nitrogens with one attached hydrogen (secondary N) is 1. The Morgan fingerprint density at radius 2 is 2.11 bits per heavy atom. The molecule has 38 heavy (non-hydrogen) atoms. The first-order chi connectivity index (χ1) is 18.3. The molecule has 9 nitrogen and oxygen atoms in total. The lowest BCUT2D eigenvalue weighted by Gasteiger charge is -2.54. The number of non-ortho nitro benzene ring substituents is 1. The van der Waals surface area contributed by atoms with Gasteiger partial charge in [0.2, 0.25) is 5.91 Å². The van der Waals surface area contributed by atoms with Crippen LogP contribution in [0, 0.1) is 22.0 Å². The molecular formula is C28H31N5O4S.